The molecular weight excluding hydrogens is 391 g/mol. The summed E-state index contributed by atoms with van der Waals surface area (Å²) < 4.78 is 46.5. The Balaban J connectivity index is 3.20. The minimum atomic E-state index is -4.07. The van der Waals surface area contributed by atoms with Gasteiger partial charge in [0.1, 0.15) is 0 Å². The third kappa shape index (κ3) is 4.55. The van der Waals surface area contributed by atoms with Crippen LogP contribution < -0.4 is 5.32 Å². The molecule has 0 saturated carbocycles. The fraction of sp³-hybridized carbons (Fsp3) is 0.222. The first-order valence-electron chi connectivity index (χ1n) is 4.63. The van der Waals surface area contributed by atoms with E-state index in [-0.39, 0.29) is 20.0 Å². The molecule has 0 unspecified atom stereocenters. The summed E-state index contributed by atoms with van der Waals surface area (Å²) in [6, 6.07) is 2.02. The van der Waals surface area contributed by atoms with Crippen LogP contribution in [0.2, 0.25) is 5.02 Å². The Kier molecular flexibility index (Phi) is 5.54. The Labute approximate surface area is 125 Å². The predicted molar refractivity (Wildman–Crippen MR) is 70.5 cm³/mol. The van der Waals surface area contributed by atoms with Gasteiger partial charge >= 0.3 is 0 Å². The average molecular weight is 397 g/mol. The number of hydrogen-bond donors (Lipinski definition) is 1. The molecule has 0 aliphatic carbocycles. The fourth-order valence-corrected chi connectivity index (χ4v) is 2.73. The quantitative estimate of drug-likeness (QED) is 0.795. The second-order valence-corrected chi connectivity index (χ2v) is 7.10. The monoisotopic (exact) mass is 395 g/mol. The fourth-order valence-electron chi connectivity index (χ4n) is 1.14. The molecule has 0 radical (unpaired) electrons. The molecule has 0 aromatic heterocycles. The molecule has 1 N–H and O–H groups in total. The van der Waals surface area contributed by atoms with E-state index < -0.39 is 27.9 Å². The van der Waals surface area contributed by atoms with Gasteiger partial charge in [-0.3, -0.25) is 4.79 Å². The molecule has 4 nitrogen and oxygen atoms in total. The Morgan fingerprint density at radius 2 is 2.00 bits per heavy atom. The van der Waals surface area contributed by atoms with Gasteiger partial charge in [0.25, 0.3) is 21.4 Å². The van der Waals surface area contributed by atoms with Crippen LogP contribution in [0.4, 0.5) is 8.78 Å². The van der Waals surface area contributed by atoms with Crippen LogP contribution >= 0.6 is 38.2 Å². The van der Waals surface area contributed by atoms with Crippen molar-refractivity contribution in [2.45, 2.75) is 11.3 Å². The second kappa shape index (κ2) is 6.34. The average Bonchev–Trinajstić information content (AvgIpc) is 2.27. The van der Waals surface area contributed by atoms with E-state index in [4.69, 9.17) is 22.3 Å². The molecule has 0 atom stereocenters. The van der Waals surface area contributed by atoms with Gasteiger partial charge in [0, 0.05) is 15.2 Å². The van der Waals surface area contributed by atoms with E-state index in [1.54, 1.807) is 0 Å². The number of carbonyl (C=O) groups excluding carboxylic acids is 1. The first kappa shape index (κ1) is 16.6. The summed E-state index contributed by atoms with van der Waals surface area (Å²) in [7, 11) is 1.07. The maximum atomic E-state index is 12.0. The molecule has 0 spiro atoms. The van der Waals surface area contributed by atoms with E-state index in [0.717, 1.165) is 12.1 Å². The van der Waals surface area contributed by atoms with Crippen LogP contribution in [0.15, 0.2) is 21.5 Å². The molecule has 0 aliphatic heterocycles. The molecule has 0 saturated heterocycles. The van der Waals surface area contributed by atoms with Crippen LogP contribution in [0.3, 0.4) is 0 Å². The molecule has 1 rings (SSSR count). The van der Waals surface area contributed by atoms with Crippen molar-refractivity contribution in [3.05, 3.63) is 27.2 Å². The minimum Gasteiger partial charge on any atom is -0.346 e. The van der Waals surface area contributed by atoms with Gasteiger partial charge < -0.3 is 5.32 Å². The van der Waals surface area contributed by atoms with Gasteiger partial charge in [0.05, 0.1) is 22.0 Å². The summed E-state index contributed by atoms with van der Waals surface area (Å²) in [6.07, 6.45) is -2.73. The van der Waals surface area contributed by atoms with Crippen molar-refractivity contribution in [2.75, 3.05) is 6.54 Å². The molecule has 1 aromatic rings. The van der Waals surface area contributed by atoms with E-state index in [1.165, 1.54) is 0 Å². The highest BCUT2D eigenvalue weighted by atomic mass is 79.9. The first-order chi connectivity index (χ1) is 8.62. The summed E-state index contributed by atoms with van der Waals surface area (Å²) in [4.78, 5) is 11.2. The number of halogens is 5. The van der Waals surface area contributed by atoms with Crippen LogP contribution in [-0.2, 0) is 9.05 Å². The molecule has 1 amide bonds. The third-order valence-corrected chi connectivity index (χ3v) is 4.54. The second-order valence-electron chi connectivity index (χ2n) is 3.31. The number of rotatable bonds is 4. The molecule has 19 heavy (non-hydrogen) atoms. The van der Waals surface area contributed by atoms with Crippen LogP contribution in [0.25, 0.3) is 0 Å². The van der Waals surface area contributed by atoms with Crippen molar-refractivity contribution in [3.63, 3.8) is 0 Å². The third-order valence-electron chi connectivity index (χ3n) is 1.94. The normalized spacial score (nSPS) is 11.7. The van der Waals surface area contributed by atoms with Gasteiger partial charge in [-0.2, -0.15) is 0 Å². The van der Waals surface area contributed by atoms with Gasteiger partial charge in [0.15, 0.2) is 0 Å². The van der Waals surface area contributed by atoms with E-state index >= 15 is 0 Å². The van der Waals surface area contributed by atoms with E-state index in [1.807, 2.05) is 5.32 Å². The lowest BCUT2D eigenvalue weighted by Crippen LogP contribution is -2.28. The maximum absolute atomic E-state index is 12.0. The Hall–Kier alpha value is -0.440. The standard InChI is InChI=1S/C9H6BrCl2F2NO3S/c10-6-2-4(19(12,17)18)1-5(8(6)11)9(16)15-3-7(13)14/h1-2,7H,3H2,(H,15,16). The van der Waals surface area contributed by atoms with Crippen molar-refractivity contribution in [1.29, 1.82) is 0 Å². The molecule has 106 valence electrons. The first-order valence-corrected chi connectivity index (χ1v) is 8.11. The lowest BCUT2D eigenvalue weighted by atomic mass is 10.2. The number of amides is 1. The van der Waals surface area contributed by atoms with Gasteiger partial charge in [-0.15, -0.1) is 0 Å². The lowest BCUT2D eigenvalue weighted by molar-refractivity contribution is 0.0891. The van der Waals surface area contributed by atoms with Crippen LogP contribution in [-0.4, -0.2) is 27.3 Å². The van der Waals surface area contributed by atoms with Crippen molar-refractivity contribution in [1.82, 2.24) is 5.32 Å². The highest BCUT2D eigenvalue weighted by Crippen LogP contribution is 2.31. The topological polar surface area (TPSA) is 63.2 Å². The smallest absolute Gasteiger partial charge is 0.261 e. The minimum absolute atomic E-state index is 0.101. The van der Waals surface area contributed by atoms with Gasteiger partial charge in [-0.25, -0.2) is 17.2 Å². The van der Waals surface area contributed by atoms with E-state index in [9.17, 15) is 22.0 Å². The highest BCUT2D eigenvalue weighted by Gasteiger charge is 2.20. The van der Waals surface area contributed by atoms with E-state index in [2.05, 4.69) is 15.9 Å². The molecule has 10 heteroatoms. The number of alkyl halides is 2. The Bertz CT molecular complexity index is 610. The summed E-state index contributed by atoms with van der Waals surface area (Å²) in [5.74, 6) is -0.923. The van der Waals surface area contributed by atoms with Crippen molar-refractivity contribution < 1.29 is 22.0 Å². The Morgan fingerprint density at radius 1 is 1.42 bits per heavy atom. The van der Waals surface area contributed by atoms with E-state index in [0.29, 0.717) is 0 Å². The van der Waals surface area contributed by atoms with Gasteiger partial charge in [-0.05, 0) is 28.1 Å². The van der Waals surface area contributed by atoms with Crippen molar-refractivity contribution >= 4 is 53.2 Å². The predicted octanol–water partition coefficient (Wildman–Crippen LogP) is 3.02. The van der Waals surface area contributed by atoms with Crippen LogP contribution in [0, 0.1) is 0 Å². The summed E-state index contributed by atoms with van der Waals surface area (Å²) in [6.45, 7) is -0.870. The number of carbonyl (C=O) groups is 1. The number of hydrogen-bond acceptors (Lipinski definition) is 3. The highest BCUT2D eigenvalue weighted by molar-refractivity contribution is 9.10. The molecule has 0 bridgehead atoms. The number of benzene rings is 1. The van der Waals surface area contributed by atoms with Crippen molar-refractivity contribution in [3.8, 4) is 0 Å². The van der Waals surface area contributed by atoms with Gasteiger partial charge in [0.2, 0.25) is 0 Å². The largest absolute Gasteiger partial charge is 0.346 e. The lowest BCUT2D eigenvalue weighted by Gasteiger charge is -2.09. The summed E-state index contributed by atoms with van der Waals surface area (Å²) in [5.41, 5.74) is -0.268. The molecular formula is C9H6BrCl2F2NO3S. The zero-order chi connectivity index (χ0) is 14.8. The Morgan fingerprint density at radius 3 is 2.47 bits per heavy atom. The zero-order valence-corrected chi connectivity index (χ0v) is 12.9. The molecule has 0 aliphatic rings. The zero-order valence-electron chi connectivity index (χ0n) is 8.96. The number of nitrogens with one attached hydrogen (secondary N) is 1. The maximum Gasteiger partial charge on any atom is 0.261 e. The van der Waals surface area contributed by atoms with Crippen molar-refractivity contribution in [2.24, 2.45) is 0 Å². The van der Waals surface area contributed by atoms with Crippen LogP contribution in [0.5, 0.6) is 0 Å². The molecule has 0 fully saturated rings. The van der Waals surface area contributed by atoms with Gasteiger partial charge in [-0.1, -0.05) is 11.6 Å². The molecule has 0 heterocycles. The summed E-state index contributed by atoms with van der Waals surface area (Å²) in [5, 5.41) is 1.81. The van der Waals surface area contributed by atoms with Crippen LogP contribution in [0.1, 0.15) is 10.4 Å². The SMILES string of the molecule is O=C(NCC(F)F)c1cc(S(=O)(=O)Cl)cc(Br)c1Cl. The molecule has 1 aromatic carbocycles. The summed E-state index contributed by atoms with van der Waals surface area (Å²) >= 11 is 8.75.